The van der Waals surface area contributed by atoms with Gasteiger partial charge in [-0.3, -0.25) is 0 Å². The molecule has 0 bridgehead atoms. The number of nitrogens with two attached hydrogens (primary N) is 1. The van der Waals surface area contributed by atoms with Crippen molar-refractivity contribution in [3.63, 3.8) is 0 Å². The number of hydrogen-bond acceptors (Lipinski definition) is 5. The van der Waals surface area contributed by atoms with Crippen molar-refractivity contribution in [2.45, 2.75) is 17.4 Å². The molecule has 5 N–H and O–H groups in total. The monoisotopic (exact) mass is 278 g/mol. The summed E-state index contributed by atoms with van der Waals surface area (Å²) in [7, 11) is -4.19. The first-order valence-electron chi connectivity index (χ1n) is 5.06. The van der Waals surface area contributed by atoms with Gasteiger partial charge in [0.05, 0.1) is 17.9 Å². The second-order valence-corrected chi connectivity index (χ2v) is 5.84. The van der Waals surface area contributed by atoms with Gasteiger partial charge in [-0.25, -0.2) is 17.5 Å². The van der Waals surface area contributed by atoms with E-state index in [1.807, 2.05) is 4.72 Å². The number of nitrogens with one attached hydrogen (secondary N) is 1. The van der Waals surface area contributed by atoms with E-state index < -0.39 is 39.5 Å². The van der Waals surface area contributed by atoms with Gasteiger partial charge in [0.1, 0.15) is 10.7 Å². The molecule has 0 heterocycles. The molecular formula is C10H15FN2O4S. The van der Waals surface area contributed by atoms with Crippen molar-refractivity contribution in [2.24, 2.45) is 0 Å². The summed E-state index contributed by atoms with van der Waals surface area (Å²) in [5, 5.41) is 18.3. The number of sulfonamides is 1. The number of anilines is 1. The number of benzene rings is 1. The Labute approximate surface area is 104 Å². The van der Waals surface area contributed by atoms with Crippen LogP contribution in [0.4, 0.5) is 10.1 Å². The van der Waals surface area contributed by atoms with Crippen molar-refractivity contribution in [3.8, 4) is 0 Å². The summed E-state index contributed by atoms with van der Waals surface area (Å²) < 4.78 is 39.1. The van der Waals surface area contributed by atoms with Crippen LogP contribution in [-0.4, -0.2) is 37.4 Å². The van der Waals surface area contributed by atoms with Crippen LogP contribution in [-0.2, 0) is 10.0 Å². The van der Waals surface area contributed by atoms with Crippen molar-refractivity contribution in [3.05, 3.63) is 24.0 Å². The van der Waals surface area contributed by atoms with Gasteiger partial charge in [0.25, 0.3) is 0 Å². The van der Waals surface area contributed by atoms with Crippen LogP contribution in [0, 0.1) is 5.82 Å². The molecule has 102 valence electrons. The van der Waals surface area contributed by atoms with Crippen molar-refractivity contribution < 1.29 is 23.0 Å². The van der Waals surface area contributed by atoms with Gasteiger partial charge in [-0.1, -0.05) is 6.07 Å². The molecule has 0 spiro atoms. The van der Waals surface area contributed by atoms with Crippen LogP contribution in [0.15, 0.2) is 23.1 Å². The summed E-state index contributed by atoms with van der Waals surface area (Å²) >= 11 is 0. The molecule has 0 aliphatic heterocycles. The standard InChI is InChI=1S/C10H15FN2O4S/c1-10(15,6-14)5-13-18(16,17)9-7(11)3-2-4-8(9)12/h2-4,13-15H,5-6,12H2,1H3. The fraction of sp³-hybridized carbons (Fsp3) is 0.400. The lowest BCUT2D eigenvalue weighted by molar-refractivity contribution is 0.00680. The van der Waals surface area contributed by atoms with E-state index in [9.17, 15) is 17.9 Å². The van der Waals surface area contributed by atoms with Crippen molar-refractivity contribution in [1.29, 1.82) is 0 Å². The fourth-order valence-electron chi connectivity index (χ4n) is 1.19. The average molecular weight is 278 g/mol. The molecule has 8 heteroatoms. The molecule has 0 aromatic heterocycles. The molecule has 1 aromatic rings. The number of aliphatic hydroxyl groups excluding tert-OH is 1. The highest BCUT2D eigenvalue weighted by Crippen LogP contribution is 2.21. The molecule has 1 rings (SSSR count). The van der Waals surface area contributed by atoms with Gasteiger partial charge in [0, 0.05) is 6.54 Å². The summed E-state index contributed by atoms with van der Waals surface area (Å²) in [4.78, 5) is -0.668. The molecule has 1 atom stereocenters. The predicted molar refractivity (Wildman–Crippen MR) is 63.7 cm³/mol. The van der Waals surface area contributed by atoms with Gasteiger partial charge >= 0.3 is 0 Å². The summed E-state index contributed by atoms with van der Waals surface area (Å²) in [6.07, 6.45) is 0. The minimum absolute atomic E-state index is 0.230. The fourth-order valence-corrected chi connectivity index (χ4v) is 2.54. The van der Waals surface area contributed by atoms with Crippen molar-refractivity contribution in [1.82, 2.24) is 4.72 Å². The topological polar surface area (TPSA) is 113 Å². The van der Waals surface area contributed by atoms with E-state index in [2.05, 4.69) is 0 Å². The molecule has 6 nitrogen and oxygen atoms in total. The predicted octanol–water partition coefficient (Wildman–Crippen LogP) is -0.571. The normalized spacial score (nSPS) is 15.3. The number of hydrogen-bond donors (Lipinski definition) is 4. The molecule has 0 radical (unpaired) electrons. The van der Waals surface area contributed by atoms with E-state index in [0.29, 0.717) is 0 Å². The lowest BCUT2D eigenvalue weighted by atomic mass is 10.1. The summed E-state index contributed by atoms with van der Waals surface area (Å²) in [6, 6.07) is 3.50. The highest BCUT2D eigenvalue weighted by Gasteiger charge is 2.26. The van der Waals surface area contributed by atoms with Crippen molar-refractivity contribution in [2.75, 3.05) is 18.9 Å². The van der Waals surface area contributed by atoms with Crippen LogP contribution < -0.4 is 10.5 Å². The van der Waals surface area contributed by atoms with Crippen LogP contribution in [0.3, 0.4) is 0 Å². The minimum atomic E-state index is -4.19. The Morgan fingerprint density at radius 2 is 2.11 bits per heavy atom. The number of nitrogen functional groups attached to an aromatic ring is 1. The van der Waals surface area contributed by atoms with E-state index in [1.165, 1.54) is 19.1 Å². The molecule has 1 aromatic carbocycles. The molecule has 18 heavy (non-hydrogen) atoms. The molecule has 0 saturated heterocycles. The summed E-state index contributed by atoms with van der Waals surface area (Å²) in [5.74, 6) is -0.980. The van der Waals surface area contributed by atoms with Gasteiger partial charge in [-0.2, -0.15) is 0 Å². The first kappa shape index (κ1) is 14.8. The molecule has 1 unspecified atom stereocenters. The molecule has 0 aliphatic carbocycles. The number of rotatable bonds is 5. The van der Waals surface area contributed by atoms with Gasteiger partial charge in [0.15, 0.2) is 0 Å². The van der Waals surface area contributed by atoms with Crippen molar-refractivity contribution >= 4 is 15.7 Å². The minimum Gasteiger partial charge on any atom is -0.398 e. The molecule has 0 amide bonds. The molecule has 0 aliphatic rings. The van der Waals surface area contributed by atoms with Gasteiger partial charge in [-0.15, -0.1) is 0 Å². The van der Waals surface area contributed by atoms with Crippen LogP contribution in [0.1, 0.15) is 6.92 Å². The third-order valence-electron chi connectivity index (χ3n) is 2.25. The molecule has 0 fully saturated rings. The van der Waals surface area contributed by atoms with Gasteiger partial charge in [-0.05, 0) is 19.1 Å². The highest BCUT2D eigenvalue weighted by molar-refractivity contribution is 7.89. The zero-order valence-electron chi connectivity index (χ0n) is 9.72. The lowest BCUT2D eigenvalue weighted by Gasteiger charge is -2.20. The van der Waals surface area contributed by atoms with E-state index in [0.717, 1.165) is 6.07 Å². The van der Waals surface area contributed by atoms with Gasteiger partial charge in [0.2, 0.25) is 10.0 Å². The van der Waals surface area contributed by atoms with Crippen LogP contribution >= 0.6 is 0 Å². The largest absolute Gasteiger partial charge is 0.398 e. The maximum atomic E-state index is 13.4. The van der Waals surface area contributed by atoms with Crippen LogP contribution in [0.5, 0.6) is 0 Å². The quantitative estimate of drug-likeness (QED) is 0.539. The Morgan fingerprint density at radius 1 is 1.50 bits per heavy atom. The first-order chi connectivity index (χ1) is 8.19. The maximum absolute atomic E-state index is 13.4. The second-order valence-electron chi connectivity index (χ2n) is 4.14. The first-order valence-corrected chi connectivity index (χ1v) is 6.55. The lowest BCUT2D eigenvalue weighted by Crippen LogP contribution is -2.43. The Balaban J connectivity index is 3.01. The Kier molecular flexibility index (Phi) is 4.28. The highest BCUT2D eigenvalue weighted by atomic mass is 32.2. The number of aliphatic hydroxyl groups is 2. The Bertz CT molecular complexity index is 510. The summed E-state index contributed by atoms with van der Waals surface area (Å²) in [6.45, 7) is 0.141. The maximum Gasteiger partial charge on any atom is 0.245 e. The van der Waals surface area contributed by atoms with E-state index in [1.54, 1.807) is 0 Å². The third kappa shape index (κ3) is 3.39. The zero-order chi connectivity index (χ0) is 14.0. The average Bonchev–Trinajstić information content (AvgIpc) is 2.26. The van der Waals surface area contributed by atoms with Crippen LogP contribution in [0.2, 0.25) is 0 Å². The summed E-state index contributed by atoms with van der Waals surface area (Å²) in [5.41, 5.74) is 3.55. The van der Waals surface area contributed by atoms with Crippen LogP contribution in [0.25, 0.3) is 0 Å². The Morgan fingerprint density at radius 3 is 2.61 bits per heavy atom. The van der Waals surface area contributed by atoms with E-state index >= 15 is 0 Å². The molecule has 0 saturated carbocycles. The third-order valence-corrected chi connectivity index (χ3v) is 3.74. The van der Waals surface area contributed by atoms with Gasteiger partial charge < -0.3 is 15.9 Å². The van der Waals surface area contributed by atoms with E-state index in [4.69, 9.17) is 10.8 Å². The molecular weight excluding hydrogens is 263 g/mol. The van der Waals surface area contributed by atoms with E-state index in [-0.39, 0.29) is 5.69 Å². The second kappa shape index (κ2) is 5.19. The Hall–Kier alpha value is -1.22. The SMILES string of the molecule is CC(O)(CO)CNS(=O)(=O)c1c(N)cccc1F. The smallest absolute Gasteiger partial charge is 0.245 e. The zero-order valence-corrected chi connectivity index (χ0v) is 10.5. The number of halogens is 1.